The lowest BCUT2D eigenvalue weighted by Crippen LogP contribution is -1.90. The van der Waals surface area contributed by atoms with Gasteiger partial charge in [-0.25, -0.2) is 0 Å². The molecular formula is C6H8I. The first-order valence-corrected chi connectivity index (χ1v) is 4.82. The molecule has 1 heteroatoms. The zero-order valence-electron chi connectivity index (χ0n) is 4.10. The molecule has 39 valence electrons. The third kappa shape index (κ3) is 1.72. The number of allylic oxidation sites excluding steroid dienone is 1. The molecule has 0 N–H and O–H groups in total. The summed E-state index contributed by atoms with van der Waals surface area (Å²) in [6.07, 6.45) is 3.43. The molecule has 1 heterocycles. The smallest absolute Gasteiger partial charge is 0.0187 e. The first-order chi connectivity index (χ1) is 3.39. The van der Waals surface area contributed by atoms with Gasteiger partial charge in [0.2, 0.25) is 0 Å². The molecule has 1 radical (unpaired) electrons. The standard InChI is InChI=1S/C6H8I/c1-6-2-4-7-5-3-6/h2,4-6H,1,3H2. The molecule has 0 fully saturated rings. The van der Waals surface area contributed by atoms with Gasteiger partial charge < -0.3 is 0 Å². The highest BCUT2D eigenvalue weighted by molar-refractivity contribution is 14.2. The second kappa shape index (κ2) is 2.60. The highest BCUT2D eigenvalue weighted by atomic mass is 127. The van der Waals surface area contributed by atoms with Crippen LogP contribution in [-0.2, 0) is 0 Å². The van der Waals surface area contributed by atoms with Crippen molar-refractivity contribution in [2.45, 2.75) is 6.42 Å². The highest BCUT2D eigenvalue weighted by Gasteiger charge is 1.93. The van der Waals surface area contributed by atoms with Crippen LogP contribution >= 0.6 is 20.7 Å². The van der Waals surface area contributed by atoms with Gasteiger partial charge in [0.05, 0.1) is 0 Å². The van der Waals surface area contributed by atoms with Gasteiger partial charge in [0.1, 0.15) is 0 Å². The average Bonchev–Trinajstić information content (AvgIpc) is 1.69. The molecule has 0 aromatic carbocycles. The highest BCUT2D eigenvalue weighted by Crippen LogP contribution is 2.13. The molecule has 0 aliphatic carbocycles. The van der Waals surface area contributed by atoms with Crippen LogP contribution < -0.4 is 0 Å². The van der Waals surface area contributed by atoms with Gasteiger partial charge in [-0.15, -0.1) is 0 Å². The number of halogens is 1. The van der Waals surface area contributed by atoms with Gasteiger partial charge in [-0.1, -0.05) is 30.8 Å². The predicted molar refractivity (Wildman–Crippen MR) is 42.7 cm³/mol. The molecule has 0 nitrogen and oxygen atoms in total. The first-order valence-electron chi connectivity index (χ1n) is 2.33. The third-order valence-corrected chi connectivity index (χ3v) is 2.75. The second-order valence-corrected chi connectivity index (χ2v) is 3.91. The van der Waals surface area contributed by atoms with Gasteiger partial charge in [-0.2, -0.15) is 0 Å². The Morgan fingerprint density at radius 2 is 2.57 bits per heavy atom. The molecule has 1 aliphatic rings. The minimum Gasteiger partial charge on any atom is -0.0985 e. The molecule has 0 saturated carbocycles. The monoisotopic (exact) mass is 207 g/mol. The quantitative estimate of drug-likeness (QED) is 0.533. The van der Waals surface area contributed by atoms with Gasteiger partial charge in [0, 0.05) is 0 Å². The molecule has 1 aliphatic heterocycles. The summed E-state index contributed by atoms with van der Waals surface area (Å²) in [7, 11) is 0. The molecule has 0 aromatic heterocycles. The fourth-order valence-electron chi connectivity index (χ4n) is 0.441. The zero-order valence-corrected chi connectivity index (χ0v) is 6.26. The lowest BCUT2D eigenvalue weighted by molar-refractivity contribution is 0.877. The van der Waals surface area contributed by atoms with Crippen LogP contribution in [0.25, 0.3) is 0 Å². The summed E-state index contributed by atoms with van der Waals surface area (Å²) in [6, 6.07) is 0. The molecule has 7 heavy (non-hydrogen) atoms. The second-order valence-electron chi connectivity index (χ2n) is 1.59. The van der Waals surface area contributed by atoms with Crippen molar-refractivity contribution >= 4 is 24.7 Å². The molecule has 0 spiro atoms. The molecule has 0 amide bonds. The van der Waals surface area contributed by atoms with Crippen molar-refractivity contribution in [3.05, 3.63) is 17.1 Å². The summed E-state index contributed by atoms with van der Waals surface area (Å²) in [5.41, 5.74) is 0. The summed E-state index contributed by atoms with van der Waals surface area (Å²) in [5, 5.41) is 0. The Labute approximate surface area is 54.4 Å². The van der Waals surface area contributed by atoms with Gasteiger partial charge in [-0.3, -0.25) is 0 Å². The molecule has 0 saturated heterocycles. The maximum absolute atomic E-state index is 3.90. The zero-order chi connectivity index (χ0) is 5.11. The van der Waals surface area contributed by atoms with Gasteiger partial charge in [0.15, 0.2) is 0 Å². The van der Waals surface area contributed by atoms with Crippen LogP contribution in [0.4, 0.5) is 0 Å². The molecule has 0 bridgehead atoms. The van der Waals surface area contributed by atoms with E-state index in [2.05, 4.69) is 21.1 Å². The lowest BCUT2D eigenvalue weighted by atomic mass is 10.1. The van der Waals surface area contributed by atoms with E-state index in [9.17, 15) is 0 Å². The molecule has 1 rings (SSSR count). The summed E-state index contributed by atoms with van der Waals surface area (Å²) < 4.78 is 4.65. The molecule has 0 aromatic rings. The largest absolute Gasteiger partial charge is 0.0985 e. The van der Waals surface area contributed by atoms with E-state index < -0.39 is 0 Å². The van der Waals surface area contributed by atoms with Crippen LogP contribution in [0.3, 0.4) is 0 Å². The average molecular weight is 207 g/mol. The van der Waals surface area contributed by atoms with Crippen molar-refractivity contribution in [2.24, 2.45) is 5.92 Å². The van der Waals surface area contributed by atoms with Crippen LogP contribution in [0.2, 0.25) is 0 Å². The molecule has 1 unspecified atom stereocenters. The van der Waals surface area contributed by atoms with Gasteiger partial charge >= 0.3 is 0 Å². The SMILES string of the molecule is [CH2]C1C=CI=CC1. The Balaban J connectivity index is 2.49. The summed E-state index contributed by atoms with van der Waals surface area (Å²) in [4.78, 5) is 0. The van der Waals surface area contributed by atoms with Crippen molar-refractivity contribution in [3.63, 3.8) is 0 Å². The number of rotatable bonds is 0. The number of hydrogen-bond acceptors (Lipinski definition) is 0. The van der Waals surface area contributed by atoms with Crippen LogP contribution in [0.1, 0.15) is 6.42 Å². The van der Waals surface area contributed by atoms with Crippen LogP contribution in [-0.4, -0.2) is 4.01 Å². The Morgan fingerprint density at radius 1 is 1.71 bits per heavy atom. The van der Waals surface area contributed by atoms with Crippen molar-refractivity contribution in [2.75, 3.05) is 0 Å². The van der Waals surface area contributed by atoms with Crippen LogP contribution in [0.15, 0.2) is 10.2 Å². The van der Waals surface area contributed by atoms with E-state index in [0.29, 0.717) is 26.6 Å². The van der Waals surface area contributed by atoms with E-state index in [1.165, 1.54) is 6.42 Å². The fourth-order valence-corrected chi connectivity index (χ4v) is 2.51. The van der Waals surface area contributed by atoms with E-state index in [0.717, 1.165) is 0 Å². The number of hydrogen-bond donors (Lipinski definition) is 0. The Morgan fingerprint density at radius 3 is 2.86 bits per heavy atom. The lowest BCUT2D eigenvalue weighted by Gasteiger charge is -2.01. The minimum absolute atomic E-state index is 0.342. The van der Waals surface area contributed by atoms with Crippen LogP contribution in [0.5, 0.6) is 0 Å². The topological polar surface area (TPSA) is 0 Å². The van der Waals surface area contributed by atoms with Crippen molar-refractivity contribution < 1.29 is 0 Å². The molecular weight excluding hydrogens is 199 g/mol. The maximum atomic E-state index is 3.90. The Kier molecular flexibility index (Phi) is 2.03. The van der Waals surface area contributed by atoms with Crippen molar-refractivity contribution in [3.8, 4) is 0 Å². The van der Waals surface area contributed by atoms with Crippen molar-refractivity contribution in [1.82, 2.24) is 0 Å². The maximum Gasteiger partial charge on any atom is -0.0187 e. The van der Waals surface area contributed by atoms with E-state index in [-0.39, 0.29) is 0 Å². The fraction of sp³-hybridized carbons (Fsp3) is 0.333. The van der Waals surface area contributed by atoms with E-state index in [1.54, 1.807) is 0 Å². The molecule has 1 atom stereocenters. The third-order valence-electron chi connectivity index (χ3n) is 0.899. The van der Waals surface area contributed by atoms with E-state index in [1.807, 2.05) is 0 Å². The first kappa shape index (κ1) is 5.48. The van der Waals surface area contributed by atoms with E-state index >= 15 is 0 Å². The van der Waals surface area contributed by atoms with Gasteiger partial charge in [-0.05, 0) is 23.3 Å². The summed E-state index contributed by atoms with van der Waals surface area (Å²) in [6.45, 7) is 3.90. The Bertz CT molecular complexity index is 103. The van der Waals surface area contributed by atoms with Gasteiger partial charge in [0.25, 0.3) is 0 Å². The van der Waals surface area contributed by atoms with E-state index in [4.69, 9.17) is 0 Å². The van der Waals surface area contributed by atoms with Crippen LogP contribution in [0, 0.1) is 12.8 Å². The summed E-state index contributed by atoms with van der Waals surface area (Å²) >= 11 is 0.342. The predicted octanol–water partition coefficient (Wildman–Crippen LogP) is 2.13. The summed E-state index contributed by atoms with van der Waals surface area (Å²) in [5.74, 6) is 0.577. The Hall–Kier alpha value is 0.340. The normalized spacial score (nSPS) is 29.6. The minimum atomic E-state index is 0.342. The van der Waals surface area contributed by atoms with Crippen molar-refractivity contribution in [1.29, 1.82) is 0 Å².